The molecule has 1 atom stereocenters. The summed E-state index contributed by atoms with van der Waals surface area (Å²) in [5.74, 6) is 0.0864. The molecule has 0 saturated heterocycles. The third kappa shape index (κ3) is 5.37. The molecule has 0 aliphatic carbocycles. The van der Waals surface area contributed by atoms with E-state index in [0.717, 1.165) is 6.42 Å². The van der Waals surface area contributed by atoms with E-state index in [1.165, 1.54) is 0 Å². The van der Waals surface area contributed by atoms with Crippen molar-refractivity contribution in [1.82, 2.24) is 0 Å². The van der Waals surface area contributed by atoms with Crippen molar-refractivity contribution in [2.45, 2.75) is 25.9 Å². The fraction of sp³-hybridized carbons (Fsp3) is 0.833. The molecule has 0 amide bonds. The van der Waals surface area contributed by atoms with Crippen LogP contribution >= 0.6 is 0 Å². The number of aliphatic hydroxyl groups excluding tert-OH is 1. The Hall–Kier alpha value is -0.770. The molecule has 4 heteroatoms. The molecule has 10 heavy (non-hydrogen) atoms. The van der Waals surface area contributed by atoms with Gasteiger partial charge >= 0.3 is 0 Å². The zero-order chi connectivity index (χ0) is 7.98. The molecule has 0 saturated carbocycles. The normalized spacial score (nSPS) is 12.6. The lowest BCUT2D eigenvalue weighted by Gasteiger charge is -2.03. The highest BCUT2D eigenvalue weighted by Crippen LogP contribution is 1.95. The summed E-state index contributed by atoms with van der Waals surface area (Å²) < 4.78 is 0. The molecule has 0 spiro atoms. The minimum absolute atomic E-state index is 0.0864. The van der Waals surface area contributed by atoms with Gasteiger partial charge in [0, 0.05) is 6.54 Å². The summed E-state index contributed by atoms with van der Waals surface area (Å²) >= 11 is 0. The second-order valence-corrected chi connectivity index (χ2v) is 2.16. The Balaban J connectivity index is 3.28. The highest BCUT2D eigenvalue weighted by Gasteiger charge is 1.97. The largest absolute Gasteiger partial charge is 0.393 e. The average Bonchev–Trinajstić information content (AvgIpc) is 1.87. The van der Waals surface area contributed by atoms with Gasteiger partial charge in [-0.25, -0.2) is 0 Å². The number of hydrogen-bond donors (Lipinski definition) is 3. The lowest BCUT2D eigenvalue weighted by atomic mass is 10.2. The SMILES string of the molecule is CCC(O)CCN=C(N)N. The molecular weight excluding hydrogens is 130 g/mol. The van der Waals surface area contributed by atoms with Crippen LogP contribution in [0.4, 0.5) is 0 Å². The van der Waals surface area contributed by atoms with Crippen LogP contribution in [0.1, 0.15) is 19.8 Å². The minimum atomic E-state index is -0.275. The van der Waals surface area contributed by atoms with E-state index >= 15 is 0 Å². The Morgan fingerprint density at radius 2 is 2.20 bits per heavy atom. The Morgan fingerprint density at radius 3 is 2.60 bits per heavy atom. The van der Waals surface area contributed by atoms with Crippen LogP contribution in [0.2, 0.25) is 0 Å². The first-order chi connectivity index (χ1) is 4.66. The monoisotopic (exact) mass is 145 g/mol. The van der Waals surface area contributed by atoms with Crippen molar-refractivity contribution in [2.24, 2.45) is 16.5 Å². The predicted molar refractivity (Wildman–Crippen MR) is 41.6 cm³/mol. The lowest BCUT2D eigenvalue weighted by molar-refractivity contribution is 0.163. The Labute approximate surface area is 60.9 Å². The molecule has 5 N–H and O–H groups in total. The van der Waals surface area contributed by atoms with Crippen LogP contribution < -0.4 is 11.5 Å². The van der Waals surface area contributed by atoms with Gasteiger partial charge in [-0.15, -0.1) is 0 Å². The standard InChI is InChI=1S/C6H15N3O/c1-2-5(10)3-4-9-6(7)8/h5,10H,2-4H2,1H3,(H4,7,8,9). The molecule has 0 aliphatic heterocycles. The van der Waals surface area contributed by atoms with Gasteiger partial charge in [0.05, 0.1) is 6.10 Å². The summed E-state index contributed by atoms with van der Waals surface area (Å²) in [5, 5.41) is 9.02. The average molecular weight is 145 g/mol. The molecule has 0 aromatic carbocycles. The second-order valence-electron chi connectivity index (χ2n) is 2.16. The van der Waals surface area contributed by atoms with Gasteiger partial charge in [-0.3, -0.25) is 4.99 Å². The molecule has 1 unspecified atom stereocenters. The lowest BCUT2D eigenvalue weighted by Crippen LogP contribution is -2.23. The number of nitrogens with two attached hydrogens (primary N) is 2. The summed E-state index contributed by atoms with van der Waals surface area (Å²) in [6, 6.07) is 0. The van der Waals surface area contributed by atoms with E-state index < -0.39 is 0 Å². The first-order valence-corrected chi connectivity index (χ1v) is 3.40. The molecule has 0 rings (SSSR count). The molecule has 0 bridgehead atoms. The second kappa shape index (κ2) is 5.05. The molecule has 0 radical (unpaired) electrons. The van der Waals surface area contributed by atoms with E-state index in [9.17, 15) is 0 Å². The van der Waals surface area contributed by atoms with Gasteiger partial charge < -0.3 is 16.6 Å². The zero-order valence-corrected chi connectivity index (χ0v) is 6.25. The van der Waals surface area contributed by atoms with Crippen LogP contribution in [0.25, 0.3) is 0 Å². The number of aliphatic hydroxyl groups is 1. The van der Waals surface area contributed by atoms with E-state index in [-0.39, 0.29) is 12.1 Å². The predicted octanol–water partition coefficient (Wildman–Crippen LogP) is -0.579. The van der Waals surface area contributed by atoms with Gasteiger partial charge in [0.1, 0.15) is 0 Å². The van der Waals surface area contributed by atoms with Crippen LogP contribution in [0.15, 0.2) is 4.99 Å². The maximum Gasteiger partial charge on any atom is 0.185 e. The van der Waals surface area contributed by atoms with Crippen molar-refractivity contribution >= 4 is 5.96 Å². The van der Waals surface area contributed by atoms with Crippen molar-refractivity contribution in [3.63, 3.8) is 0 Å². The van der Waals surface area contributed by atoms with Gasteiger partial charge in [0.15, 0.2) is 5.96 Å². The quantitative estimate of drug-likeness (QED) is 0.365. The number of hydrogen-bond acceptors (Lipinski definition) is 2. The molecule has 0 fully saturated rings. The maximum atomic E-state index is 9.02. The summed E-state index contributed by atoms with van der Waals surface area (Å²) in [5.41, 5.74) is 10.1. The van der Waals surface area contributed by atoms with Crippen molar-refractivity contribution in [3.05, 3.63) is 0 Å². The Kier molecular flexibility index (Phi) is 4.66. The topological polar surface area (TPSA) is 84.6 Å². The van der Waals surface area contributed by atoms with E-state index in [1.807, 2.05) is 6.92 Å². The van der Waals surface area contributed by atoms with Crippen molar-refractivity contribution in [2.75, 3.05) is 6.54 Å². The fourth-order valence-electron chi connectivity index (χ4n) is 0.547. The Bertz CT molecular complexity index is 110. The summed E-state index contributed by atoms with van der Waals surface area (Å²) in [7, 11) is 0. The van der Waals surface area contributed by atoms with E-state index in [2.05, 4.69) is 4.99 Å². The van der Waals surface area contributed by atoms with Crippen molar-refractivity contribution in [3.8, 4) is 0 Å². The first-order valence-electron chi connectivity index (χ1n) is 3.40. The third-order valence-corrected chi connectivity index (χ3v) is 1.23. The summed E-state index contributed by atoms with van der Waals surface area (Å²) in [4.78, 5) is 3.72. The number of guanidine groups is 1. The van der Waals surface area contributed by atoms with Gasteiger partial charge in [0.25, 0.3) is 0 Å². The fourth-order valence-corrected chi connectivity index (χ4v) is 0.547. The van der Waals surface area contributed by atoms with Gasteiger partial charge in [0.2, 0.25) is 0 Å². The molecule has 0 heterocycles. The number of aliphatic imine (C=N–C) groups is 1. The van der Waals surface area contributed by atoms with Crippen molar-refractivity contribution < 1.29 is 5.11 Å². The third-order valence-electron chi connectivity index (χ3n) is 1.23. The maximum absolute atomic E-state index is 9.02. The highest BCUT2D eigenvalue weighted by molar-refractivity contribution is 5.75. The van der Waals surface area contributed by atoms with E-state index in [1.54, 1.807) is 0 Å². The first kappa shape index (κ1) is 9.23. The molecule has 0 aliphatic rings. The van der Waals surface area contributed by atoms with E-state index in [0.29, 0.717) is 13.0 Å². The molecule has 0 aromatic rings. The smallest absolute Gasteiger partial charge is 0.185 e. The van der Waals surface area contributed by atoms with Crippen LogP contribution in [-0.2, 0) is 0 Å². The van der Waals surface area contributed by atoms with Crippen LogP contribution in [0.5, 0.6) is 0 Å². The molecule has 60 valence electrons. The van der Waals surface area contributed by atoms with Gasteiger partial charge in [-0.05, 0) is 12.8 Å². The van der Waals surface area contributed by atoms with E-state index in [4.69, 9.17) is 16.6 Å². The summed E-state index contributed by atoms with van der Waals surface area (Å²) in [6.07, 6.45) is 1.11. The minimum Gasteiger partial charge on any atom is -0.393 e. The Morgan fingerprint density at radius 1 is 1.60 bits per heavy atom. The molecule has 4 nitrogen and oxygen atoms in total. The number of rotatable bonds is 4. The van der Waals surface area contributed by atoms with Crippen LogP contribution in [0, 0.1) is 0 Å². The zero-order valence-electron chi connectivity index (χ0n) is 6.25. The van der Waals surface area contributed by atoms with Crippen molar-refractivity contribution in [1.29, 1.82) is 0 Å². The van der Waals surface area contributed by atoms with Gasteiger partial charge in [-0.2, -0.15) is 0 Å². The highest BCUT2D eigenvalue weighted by atomic mass is 16.3. The number of nitrogens with zero attached hydrogens (tertiary/aromatic N) is 1. The van der Waals surface area contributed by atoms with Gasteiger partial charge in [-0.1, -0.05) is 6.92 Å². The van der Waals surface area contributed by atoms with Crippen LogP contribution in [-0.4, -0.2) is 23.7 Å². The van der Waals surface area contributed by atoms with Crippen LogP contribution in [0.3, 0.4) is 0 Å². The summed E-state index contributed by atoms with van der Waals surface area (Å²) in [6.45, 7) is 2.43. The molecule has 0 aromatic heterocycles. The molecular formula is C6H15N3O.